The van der Waals surface area contributed by atoms with Gasteiger partial charge in [-0.25, -0.2) is 4.79 Å². The Morgan fingerprint density at radius 2 is 2.00 bits per heavy atom. The van der Waals surface area contributed by atoms with Crippen molar-refractivity contribution >= 4 is 17.6 Å². The van der Waals surface area contributed by atoms with Crippen LogP contribution in [0.4, 0.5) is 5.69 Å². The lowest BCUT2D eigenvalue weighted by atomic mass is 10.2. The van der Waals surface area contributed by atoms with Crippen molar-refractivity contribution in [3.63, 3.8) is 0 Å². The van der Waals surface area contributed by atoms with Crippen LogP contribution in [0.1, 0.15) is 16.9 Å². The normalized spacial score (nSPS) is 13.0. The number of rotatable bonds is 4. The SMILES string of the molecule is O=C(COC(=O)c1ccc[nH]1)Nc1ccc2c(c1)OCCCO2. The molecule has 0 fully saturated rings. The van der Waals surface area contributed by atoms with E-state index in [1.807, 2.05) is 0 Å². The van der Waals surface area contributed by atoms with Crippen LogP contribution < -0.4 is 14.8 Å². The summed E-state index contributed by atoms with van der Waals surface area (Å²) < 4.78 is 16.0. The smallest absolute Gasteiger partial charge is 0.355 e. The van der Waals surface area contributed by atoms with Gasteiger partial charge in [0.1, 0.15) is 5.69 Å². The lowest BCUT2D eigenvalue weighted by Crippen LogP contribution is -2.21. The number of esters is 1. The number of anilines is 1. The molecular weight excluding hydrogens is 300 g/mol. The number of aromatic amines is 1. The van der Waals surface area contributed by atoms with Crippen molar-refractivity contribution in [1.29, 1.82) is 0 Å². The molecule has 0 unspecified atom stereocenters. The molecule has 2 heterocycles. The van der Waals surface area contributed by atoms with Crippen LogP contribution in [0.15, 0.2) is 36.5 Å². The molecule has 1 aromatic heterocycles. The minimum absolute atomic E-state index is 0.299. The number of carbonyl (C=O) groups excluding carboxylic acids is 2. The maximum Gasteiger partial charge on any atom is 0.355 e. The predicted octanol–water partition coefficient (Wildman–Crippen LogP) is 1.97. The van der Waals surface area contributed by atoms with Crippen LogP contribution in [0, 0.1) is 0 Å². The lowest BCUT2D eigenvalue weighted by molar-refractivity contribution is -0.119. The summed E-state index contributed by atoms with van der Waals surface area (Å²) in [7, 11) is 0. The molecule has 0 saturated heterocycles. The van der Waals surface area contributed by atoms with Gasteiger partial charge in [-0.2, -0.15) is 0 Å². The first-order valence-electron chi connectivity index (χ1n) is 7.22. The van der Waals surface area contributed by atoms with Gasteiger partial charge in [-0.15, -0.1) is 0 Å². The van der Waals surface area contributed by atoms with Gasteiger partial charge in [-0.1, -0.05) is 0 Å². The molecule has 1 aliphatic heterocycles. The van der Waals surface area contributed by atoms with Gasteiger partial charge in [-0.3, -0.25) is 4.79 Å². The van der Waals surface area contributed by atoms with Crippen LogP contribution in [0.3, 0.4) is 0 Å². The Bertz CT molecular complexity index is 697. The van der Waals surface area contributed by atoms with Crippen LogP contribution in [-0.2, 0) is 9.53 Å². The lowest BCUT2D eigenvalue weighted by Gasteiger charge is -2.10. The topological polar surface area (TPSA) is 89.7 Å². The highest BCUT2D eigenvalue weighted by atomic mass is 16.5. The van der Waals surface area contributed by atoms with E-state index in [-0.39, 0.29) is 6.61 Å². The fourth-order valence-corrected chi connectivity index (χ4v) is 2.10. The number of nitrogens with one attached hydrogen (secondary N) is 2. The van der Waals surface area contributed by atoms with Crippen molar-refractivity contribution in [3.8, 4) is 11.5 Å². The molecule has 7 nitrogen and oxygen atoms in total. The molecule has 2 N–H and O–H groups in total. The zero-order valence-corrected chi connectivity index (χ0v) is 12.3. The van der Waals surface area contributed by atoms with E-state index < -0.39 is 11.9 Å². The Kier molecular flexibility index (Phi) is 4.46. The fraction of sp³-hybridized carbons (Fsp3) is 0.250. The average Bonchev–Trinajstić information content (AvgIpc) is 2.99. The molecular formula is C16H16N2O5. The molecule has 1 aromatic carbocycles. The maximum atomic E-state index is 11.9. The second-order valence-corrected chi connectivity index (χ2v) is 4.92. The summed E-state index contributed by atoms with van der Waals surface area (Å²) in [6.07, 6.45) is 2.42. The van der Waals surface area contributed by atoms with Gasteiger partial charge >= 0.3 is 5.97 Å². The molecule has 0 aliphatic carbocycles. The minimum Gasteiger partial charge on any atom is -0.490 e. The second kappa shape index (κ2) is 6.87. The van der Waals surface area contributed by atoms with Gasteiger partial charge in [0.25, 0.3) is 5.91 Å². The number of H-pyrrole nitrogens is 1. The minimum atomic E-state index is -0.580. The predicted molar refractivity (Wildman–Crippen MR) is 81.8 cm³/mol. The molecule has 1 aliphatic rings. The zero-order valence-electron chi connectivity index (χ0n) is 12.3. The molecule has 2 aromatic rings. The average molecular weight is 316 g/mol. The number of hydrogen-bond acceptors (Lipinski definition) is 5. The van der Waals surface area contributed by atoms with Crippen LogP contribution in [0.2, 0.25) is 0 Å². The first-order chi connectivity index (χ1) is 11.2. The van der Waals surface area contributed by atoms with Gasteiger partial charge in [0.15, 0.2) is 18.1 Å². The third kappa shape index (κ3) is 3.82. The van der Waals surface area contributed by atoms with Crippen LogP contribution >= 0.6 is 0 Å². The maximum absolute atomic E-state index is 11.9. The van der Waals surface area contributed by atoms with Crippen molar-refractivity contribution in [2.75, 3.05) is 25.1 Å². The zero-order chi connectivity index (χ0) is 16.1. The van der Waals surface area contributed by atoms with E-state index in [4.69, 9.17) is 14.2 Å². The number of amides is 1. The van der Waals surface area contributed by atoms with E-state index in [2.05, 4.69) is 10.3 Å². The highest BCUT2D eigenvalue weighted by molar-refractivity contribution is 5.95. The number of carbonyl (C=O) groups is 2. The fourth-order valence-electron chi connectivity index (χ4n) is 2.10. The third-order valence-electron chi connectivity index (χ3n) is 3.18. The molecule has 3 rings (SSSR count). The van der Waals surface area contributed by atoms with Gasteiger partial charge in [0.05, 0.1) is 13.2 Å². The Labute approximate surface area is 132 Å². The molecule has 0 bridgehead atoms. The highest BCUT2D eigenvalue weighted by Crippen LogP contribution is 2.32. The van der Waals surface area contributed by atoms with Gasteiger partial charge in [0, 0.05) is 24.4 Å². The highest BCUT2D eigenvalue weighted by Gasteiger charge is 2.13. The van der Waals surface area contributed by atoms with E-state index in [0.717, 1.165) is 6.42 Å². The standard InChI is InChI=1S/C16H16N2O5/c19-15(10-23-16(20)12-3-1-6-17-12)18-11-4-5-13-14(9-11)22-8-2-7-21-13/h1,3-6,9,17H,2,7-8,10H2,(H,18,19). The van der Waals surface area contributed by atoms with Crippen LogP contribution in [-0.4, -0.2) is 36.7 Å². The van der Waals surface area contributed by atoms with Crippen molar-refractivity contribution in [1.82, 2.24) is 4.98 Å². The van der Waals surface area contributed by atoms with E-state index in [9.17, 15) is 9.59 Å². The van der Waals surface area contributed by atoms with Crippen LogP contribution in [0.25, 0.3) is 0 Å². The molecule has 120 valence electrons. The molecule has 7 heteroatoms. The Hall–Kier alpha value is -2.96. The summed E-state index contributed by atoms with van der Waals surface area (Å²) >= 11 is 0. The van der Waals surface area contributed by atoms with Crippen molar-refractivity contribution < 1.29 is 23.8 Å². The van der Waals surface area contributed by atoms with Crippen molar-refractivity contribution in [2.24, 2.45) is 0 Å². The van der Waals surface area contributed by atoms with Crippen LogP contribution in [0.5, 0.6) is 11.5 Å². The summed E-state index contributed by atoms with van der Waals surface area (Å²) in [5.74, 6) is 0.227. The number of fused-ring (bicyclic) bond motifs is 1. The number of ether oxygens (including phenoxy) is 3. The molecule has 0 saturated carbocycles. The first-order valence-corrected chi connectivity index (χ1v) is 7.22. The van der Waals surface area contributed by atoms with Gasteiger partial charge in [0.2, 0.25) is 0 Å². The summed E-state index contributed by atoms with van der Waals surface area (Å²) in [5, 5.41) is 2.65. The summed E-state index contributed by atoms with van der Waals surface area (Å²) in [5.41, 5.74) is 0.851. The number of aromatic nitrogens is 1. The largest absolute Gasteiger partial charge is 0.490 e. The number of benzene rings is 1. The van der Waals surface area contributed by atoms with Crippen molar-refractivity contribution in [3.05, 3.63) is 42.2 Å². The quantitative estimate of drug-likeness (QED) is 0.842. The molecule has 23 heavy (non-hydrogen) atoms. The van der Waals surface area contributed by atoms with E-state index in [1.54, 1.807) is 36.5 Å². The molecule has 1 amide bonds. The summed E-state index contributed by atoms with van der Waals surface area (Å²) in [4.78, 5) is 26.2. The van der Waals surface area contributed by atoms with Gasteiger partial charge in [-0.05, 0) is 24.3 Å². The van der Waals surface area contributed by atoms with Crippen molar-refractivity contribution in [2.45, 2.75) is 6.42 Å². The second-order valence-electron chi connectivity index (χ2n) is 4.92. The molecule has 0 spiro atoms. The summed E-state index contributed by atoms with van der Waals surface area (Å²) in [6, 6.07) is 8.38. The Morgan fingerprint density at radius 3 is 2.78 bits per heavy atom. The van der Waals surface area contributed by atoms with Gasteiger partial charge < -0.3 is 24.5 Å². The Balaban J connectivity index is 1.55. The first kappa shape index (κ1) is 15.0. The van der Waals surface area contributed by atoms with E-state index in [0.29, 0.717) is 36.1 Å². The molecule has 0 radical (unpaired) electrons. The molecule has 0 atom stereocenters. The third-order valence-corrected chi connectivity index (χ3v) is 3.18. The van der Waals surface area contributed by atoms with E-state index >= 15 is 0 Å². The Morgan fingerprint density at radius 1 is 1.17 bits per heavy atom. The van der Waals surface area contributed by atoms with E-state index in [1.165, 1.54) is 0 Å². The number of hydrogen-bond donors (Lipinski definition) is 2. The summed E-state index contributed by atoms with van der Waals surface area (Å²) in [6.45, 7) is 0.803. The monoisotopic (exact) mass is 316 g/mol.